The van der Waals surface area contributed by atoms with Gasteiger partial charge >= 0.3 is 0 Å². The van der Waals surface area contributed by atoms with Crippen molar-refractivity contribution in [2.45, 2.75) is 0 Å². The summed E-state index contributed by atoms with van der Waals surface area (Å²) in [6, 6.07) is 86.2. The van der Waals surface area contributed by atoms with E-state index in [-0.39, 0.29) is 0 Å². The van der Waals surface area contributed by atoms with Crippen molar-refractivity contribution in [3.05, 3.63) is 237 Å². The van der Waals surface area contributed by atoms with E-state index < -0.39 is 0 Å². The van der Waals surface area contributed by atoms with Gasteiger partial charge in [-0.25, -0.2) is 0 Å². The molecule has 0 radical (unpaired) electrons. The summed E-state index contributed by atoms with van der Waals surface area (Å²) in [7, 11) is 0. The smallest absolute Gasteiger partial charge is 0.0545 e. The van der Waals surface area contributed by atoms with Crippen LogP contribution >= 0.6 is 0 Å². The minimum Gasteiger partial charge on any atom is -0.354 e. The number of hydrogen-bond acceptors (Lipinski definition) is 0. The molecule has 2 heteroatoms. The second-order valence-electron chi connectivity index (χ2n) is 16.2. The zero-order valence-corrected chi connectivity index (χ0v) is 34.0. The van der Waals surface area contributed by atoms with Crippen LogP contribution < -0.4 is 0 Å². The number of fused-ring (bicyclic) bond motifs is 6. The second kappa shape index (κ2) is 14.8. The van der Waals surface area contributed by atoms with Gasteiger partial charge in [0.25, 0.3) is 0 Å². The Hall–Kier alpha value is -8.20. The second-order valence-corrected chi connectivity index (χ2v) is 16.2. The van der Waals surface area contributed by atoms with Gasteiger partial charge < -0.3 is 9.55 Å². The monoisotopic (exact) mass is 788 g/mol. The van der Waals surface area contributed by atoms with Gasteiger partial charge in [0.05, 0.1) is 16.6 Å². The molecule has 62 heavy (non-hydrogen) atoms. The van der Waals surface area contributed by atoms with Crippen LogP contribution in [-0.4, -0.2) is 9.55 Å². The zero-order valence-electron chi connectivity index (χ0n) is 34.0. The fourth-order valence-electron chi connectivity index (χ4n) is 9.51. The summed E-state index contributed by atoms with van der Waals surface area (Å²) in [4.78, 5) is 3.93. The standard InChI is InChI=1S/C60H40N2/c1-6-16-40(17-7-1)45-26-31-57-52(34-45)56-38-48(43-22-12-4-13-23-43)37-55(60(56)61-57)51-39-49(29-30-50(51)44-24-14-5-15-25-44)62-58-32-27-46(41-18-8-2-9-19-41)35-53(58)54-36-47(28-33-59(54)62)42-20-10-3-11-21-42/h1-39,61H. The molecule has 12 rings (SSSR count). The van der Waals surface area contributed by atoms with Gasteiger partial charge in [0.1, 0.15) is 0 Å². The van der Waals surface area contributed by atoms with Gasteiger partial charge in [-0.15, -0.1) is 0 Å². The molecule has 2 nitrogen and oxygen atoms in total. The molecule has 0 saturated heterocycles. The number of rotatable bonds is 7. The number of benzene rings is 10. The lowest BCUT2D eigenvalue weighted by Gasteiger charge is -2.17. The quantitative estimate of drug-likeness (QED) is 0.166. The molecule has 0 atom stereocenters. The first kappa shape index (κ1) is 35.7. The lowest BCUT2D eigenvalue weighted by atomic mass is 9.90. The third kappa shape index (κ3) is 6.12. The largest absolute Gasteiger partial charge is 0.354 e. The Bertz CT molecular complexity index is 3490. The molecule has 2 heterocycles. The molecular formula is C60H40N2. The molecule has 10 aromatic carbocycles. The molecule has 0 unspecified atom stereocenters. The lowest BCUT2D eigenvalue weighted by molar-refractivity contribution is 1.18. The van der Waals surface area contributed by atoms with Gasteiger partial charge in [0.15, 0.2) is 0 Å². The van der Waals surface area contributed by atoms with Crippen molar-refractivity contribution in [3.63, 3.8) is 0 Å². The maximum absolute atomic E-state index is 3.93. The van der Waals surface area contributed by atoms with Crippen molar-refractivity contribution in [1.82, 2.24) is 9.55 Å². The molecule has 0 aliphatic rings. The molecule has 0 amide bonds. The fourth-order valence-corrected chi connectivity index (χ4v) is 9.51. The summed E-state index contributed by atoms with van der Waals surface area (Å²) in [5.74, 6) is 0. The maximum atomic E-state index is 3.93. The van der Waals surface area contributed by atoms with E-state index in [9.17, 15) is 0 Å². The molecule has 0 saturated carbocycles. The van der Waals surface area contributed by atoms with Gasteiger partial charge in [-0.3, -0.25) is 0 Å². The number of nitrogens with zero attached hydrogens (tertiary/aromatic N) is 1. The molecule has 0 aliphatic heterocycles. The van der Waals surface area contributed by atoms with Crippen molar-refractivity contribution in [2.24, 2.45) is 0 Å². The highest BCUT2D eigenvalue weighted by Crippen LogP contribution is 2.44. The normalized spacial score (nSPS) is 11.5. The summed E-state index contributed by atoms with van der Waals surface area (Å²) in [6.07, 6.45) is 0. The Morgan fingerprint density at radius 3 is 1.21 bits per heavy atom. The van der Waals surface area contributed by atoms with E-state index >= 15 is 0 Å². The molecular weight excluding hydrogens is 749 g/mol. The minimum atomic E-state index is 1.11. The van der Waals surface area contributed by atoms with Crippen molar-refractivity contribution in [1.29, 1.82) is 0 Å². The van der Waals surface area contributed by atoms with Crippen LogP contribution in [0.15, 0.2) is 237 Å². The van der Waals surface area contributed by atoms with Crippen LogP contribution in [0.5, 0.6) is 0 Å². The highest BCUT2D eigenvalue weighted by molar-refractivity contribution is 6.16. The molecule has 0 fully saturated rings. The van der Waals surface area contributed by atoms with E-state index in [1.807, 2.05) is 0 Å². The minimum absolute atomic E-state index is 1.11. The average Bonchev–Trinajstić information content (AvgIpc) is 3.89. The topological polar surface area (TPSA) is 20.7 Å². The summed E-state index contributed by atoms with van der Waals surface area (Å²) in [5, 5.41) is 4.87. The number of nitrogens with one attached hydrogen (secondary N) is 1. The molecule has 1 N–H and O–H groups in total. The Morgan fingerprint density at radius 2 is 0.694 bits per heavy atom. The molecule has 0 aliphatic carbocycles. The van der Waals surface area contributed by atoms with Gasteiger partial charge in [-0.2, -0.15) is 0 Å². The average molecular weight is 789 g/mol. The zero-order chi connectivity index (χ0) is 41.0. The van der Waals surface area contributed by atoms with Crippen LogP contribution in [0.25, 0.3) is 116 Å². The van der Waals surface area contributed by atoms with Gasteiger partial charge in [0, 0.05) is 38.3 Å². The number of aromatic amines is 1. The van der Waals surface area contributed by atoms with E-state index in [2.05, 4.69) is 246 Å². The Labute approximate surface area is 360 Å². The SMILES string of the molecule is c1ccc(-c2ccc3[nH]c4c(-c5cc(-n6c7ccc(-c8ccccc8)cc7c7cc(-c8ccccc8)ccc76)ccc5-c5ccccc5)cc(-c5ccccc5)cc4c3c2)cc1. The molecule has 12 aromatic rings. The summed E-state index contributed by atoms with van der Waals surface area (Å²) in [5.41, 5.74) is 20.0. The first-order chi connectivity index (χ1) is 30.7. The van der Waals surface area contributed by atoms with Crippen LogP contribution in [0, 0.1) is 0 Å². The first-order valence-electron chi connectivity index (χ1n) is 21.3. The summed E-state index contributed by atoms with van der Waals surface area (Å²) >= 11 is 0. The Kier molecular flexibility index (Phi) is 8.53. The lowest BCUT2D eigenvalue weighted by Crippen LogP contribution is -1.97. The van der Waals surface area contributed by atoms with E-state index in [4.69, 9.17) is 0 Å². The predicted molar refractivity (Wildman–Crippen MR) is 263 cm³/mol. The first-order valence-corrected chi connectivity index (χ1v) is 21.3. The van der Waals surface area contributed by atoms with Gasteiger partial charge in [0.2, 0.25) is 0 Å². The van der Waals surface area contributed by atoms with Crippen LogP contribution in [0.4, 0.5) is 0 Å². The highest BCUT2D eigenvalue weighted by Gasteiger charge is 2.20. The third-order valence-electron chi connectivity index (χ3n) is 12.5. The fraction of sp³-hybridized carbons (Fsp3) is 0. The predicted octanol–water partition coefficient (Wildman–Crippen LogP) is 16.4. The number of hydrogen-bond donors (Lipinski definition) is 1. The van der Waals surface area contributed by atoms with Crippen LogP contribution in [0.1, 0.15) is 0 Å². The van der Waals surface area contributed by atoms with Crippen molar-refractivity contribution < 1.29 is 0 Å². The third-order valence-corrected chi connectivity index (χ3v) is 12.5. The van der Waals surface area contributed by atoms with E-state index in [0.717, 1.165) is 22.3 Å². The van der Waals surface area contributed by atoms with Gasteiger partial charge in [-0.05, 0) is 122 Å². The summed E-state index contributed by atoms with van der Waals surface area (Å²) in [6.45, 7) is 0. The highest BCUT2D eigenvalue weighted by atomic mass is 15.0. The number of H-pyrrole nitrogens is 1. The van der Waals surface area contributed by atoms with Crippen LogP contribution in [0.2, 0.25) is 0 Å². The van der Waals surface area contributed by atoms with E-state index in [0.29, 0.717) is 0 Å². The number of aromatic nitrogens is 2. The van der Waals surface area contributed by atoms with Crippen LogP contribution in [-0.2, 0) is 0 Å². The molecule has 0 bridgehead atoms. The van der Waals surface area contributed by atoms with E-state index in [1.165, 1.54) is 93.8 Å². The molecule has 2 aromatic heterocycles. The summed E-state index contributed by atoms with van der Waals surface area (Å²) < 4.78 is 2.46. The van der Waals surface area contributed by atoms with E-state index in [1.54, 1.807) is 0 Å². The maximum Gasteiger partial charge on any atom is 0.0545 e. The Balaban J connectivity index is 1.14. The van der Waals surface area contributed by atoms with Crippen LogP contribution in [0.3, 0.4) is 0 Å². The molecule has 290 valence electrons. The van der Waals surface area contributed by atoms with Crippen molar-refractivity contribution >= 4 is 43.6 Å². The van der Waals surface area contributed by atoms with Crippen molar-refractivity contribution in [3.8, 4) is 72.4 Å². The Morgan fingerprint density at radius 1 is 0.258 bits per heavy atom. The van der Waals surface area contributed by atoms with Gasteiger partial charge in [-0.1, -0.05) is 176 Å². The van der Waals surface area contributed by atoms with Crippen molar-refractivity contribution in [2.75, 3.05) is 0 Å². The molecule has 0 spiro atoms.